The second-order valence-corrected chi connectivity index (χ2v) is 7.66. The molecule has 2 unspecified atom stereocenters. The van der Waals surface area contributed by atoms with Crippen molar-refractivity contribution >= 4 is 11.9 Å². The minimum absolute atomic E-state index is 0.112. The maximum atomic E-state index is 13.1. The molecular formula is C23H26N2O4. The largest absolute Gasteiger partial charge is 0.497 e. The molecule has 0 radical (unpaired) electrons. The summed E-state index contributed by atoms with van der Waals surface area (Å²) in [6.07, 6.45) is 2.00. The van der Waals surface area contributed by atoms with Gasteiger partial charge in [0.1, 0.15) is 11.9 Å². The molecule has 6 heteroatoms. The molecule has 2 atom stereocenters. The summed E-state index contributed by atoms with van der Waals surface area (Å²) in [6.45, 7) is 2.93. The molecule has 1 amide bonds. The van der Waals surface area contributed by atoms with Gasteiger partial charge >= 0.3 is 5.97 Å². The second kappa shape index (κ2) is 8.66. The number of rotatable bonds is 6. The standard InChI is InChI=1S/C23H26N2O4/c1-28-19-9-7-17(8-10-19)21(24-22(26)18-5-3-2-4-6-18)23(27)29-20-15-25-13-11-16(20)12-14-25/h2-10,16,20-21H,11-15H2,1H3,(H,24,26). The number of ether oxygens (including phenoxy) is 2. The van der Waals surface area contributed by atoms with Crippen molar-refractivity contribution in [3.05, 3.63) is 65.7 Å². The van der Waals surface area contributed by atoms with E-state index in [2.05, 4.69) is 10.2 Å². The molecular weight excluding hydrogens is 368 g/mol. The Hall–Kier alpha value is -2.86. The third kappa shape index (κ3) is 4.43. The summed E-state index contributed by atoms with van der Waals surface area (Å²) < 4.78 is 11.1. The number of hydrogen-bond donors (Lipinski definition) is 1. The summed E-state index contributed by atoms with van der Waals surface area (Å²) in [5.74, 6) is 0.369. The van der Waals surface area contributed by atoms with Crippen LogP contribution in [0, 0.1) is 5.92 Å². The molecule has 3 aliphatic heterocycles. The number of carbonyl (C=O) groups excluding carboxylic acids is 2. The number of piperidine rings is 3. The predicted octanol–water partition coefficient (Wildman–Crippen LogP) is 2.80. The van der Waals surface area contributed by atoms with Crippen molar-refractivity contribution in [2.75, 3.05) is 26.7 Å². The van der Waals surface area contributed by atoms with Crippen molar-refractivity contribution in [3.8, 4) is 5.75 Å². The Kier molecular flexibility index (Phi) is 5.81. The maximum Gasteiger partial charge on any atom is 0.333 e. The molecule has 0 aromatic heterocycles. The lowest BCUT2D eigenvalue weighted by Gasteiger charge is -2.44. The average molecular weight is 394 g/mol. The van der Waals surface area contributed by atoms with Gasteiger partial charge in [-0.3, -0.25) is 9.69 Å². The van der Waals surface area contributed by atoms with E-state index in [0.717, 1.165) is 32.5 Å². The zero-order valence-electron chi connectivity index (χ0n) is 16.5. The zero-order valence-corrected chi connectivity index (χ0v) is 16.5. The van der Waals surface area contributed by atoms with Gasteiger partial charge in [0.05, 0.1) is 7.11 Å². The van der Waals surface area contributed by atoms with E-state index in [1.54, 1.807) is 55.6 Å². The minimum atomic E-state index is -0.871. The Balaban J connectivity index is 1.53. The van der Waals surface area contributed by atoms with E-state index in [4.69, 9.17) is 9.47 Å². The topological polar surface area (TPSA) is 67.9 Å². The highest BCUT2D eigenvalue weighted by Gasteiger charge is 2.38. The van der Waals surface area contributed by atoms with Crippen LogP contribution >= 0.6 is 0 Å². The Bertz CT molecular complexity index is 845. The fourth-order valence-corrected chi connectivity index (χ4v) is 4.14. The third-order valence-electron chi connectivity index (χ3n) is 5.86. The summed E-state index contributed by atoms with van der Waals surface area (Å²) in [7, 11) is 1.59. The van der Waals surface area contributed by atoms with Gasteiger partial charge in [-0.05, 0) is 61.7 Å². The fraction of sp³-hybridized carbons (Fsp3) is 0.391. The van der Waals surface area contributed by atoms with Gasteiger partial charge in [0, 0.05) is 12.1 Å². The molecule has 2 aromatic rings. The molecule has 29 heavy (non-hydrogen) atoms. The first-order valence-electron chi connectivity index (χ1n) is 10.1. The smallest absolute Gasteiger partial charge is 0.333 e. The average Bonchev–Trinajstić information content (AvgIpc) is 2.79. The Morgan fingerprint density at radius 1 is 1.03 bits per heavy atom. The number of carbonyl (C=O) groups is 2. The first-order chi connectivity index (χ1) is 14.1. The zero-order chi connectivity index (χ0) is 20.2. The molecule has 5 rings (SSSR count). The lowest BCUT2D eigenvalue weighted by Crippen LogP contribution is -2.52. The Morgan fingerprint density at radius 2 is 1.72 bits per heavy atom. The van der Waals surface area contributed by atoms with Crippen LogP contribution in [0.2, 0.25) is 0 Å². The van der Waals surface area contributed by atoms with Gasteiger partial charge in [0.15, 0.2) is 6.04 Å². The van der Waals surface area contributed by atoms with E-state index in [-0.39, 0.29) is 12.0 Å². The molecule has 0 aliphatic carbocycles. The molecule has 6 nitrogen and oxygen atoms in total. The third-order valence-corrected chi connectivity index (χ3v) is 5.86. The van der Waals surface area contributed by atoms with Crippen LogP contribution in [0.3, 0.4) is 0 Å². The van der Waals surface area contributed by atoms with Crippen LogP contribution in [0.4, 0.5) is 0 Å². The van der Waals surface area contributed by atoms with E-state index >= 15 is 0 Å². The Morgan fingerprint density at radius 3 is 2.31 bits per heavy atom. The summed E-state index contributed by atoms with van der Waals surface area (Å²) >= 11 is 0. The van der Waals surface area contributed by atoms with Gasteiger partial charge in [-0.15, -0.1) is 0 Å². The van der Waals surface area contributed by atoms with Crippen molar-refractivity contribution < 1.29 is 19.1 Å². The van der Waals surface area contributed by atoms with Crippen molar-refractivity contribution in [3.63, 3.8) is 0 Å². The van der Waals surface area contributed by atoms with Crippen molar-refractivity contribution in [1.29, 1.82) is 0 Å². The van der Waals surface area contributed by atoms with Crippen LogP contribution < -0.4 is 10.1 Å². The van der Waals surface area contributed by atoms with Crippen LogP contribution in [0.25, 0.3) is 0 Å². The number of benzene rings is 2. The molecule has 1 N–H and O–H groups in total. The van der Waals surface area contributed by atoms with Crippen LogP contribution in [0.1, 0.15) is 34.8 Å². The van der Waals surface area contributed by atoms with E-state index in [1.165, 1.54) is 0 Å². The quantitative estimate of drug-likeness (QED) is 0.763. The fourth-order valence-electron chi connectivity index (χ4n) is 4.14. The summed E-state index contributed by atoms with van der Waals surface area (Å²) in [4.78, 5) is 28.2. The highest BCUT2D eigenvalue weighted by molar-refractivity contribution is 5.97. The molecule has 2 bridgehead atoms. The molecule has 3 heterocycles. The molecule has 0 saturated carbocycles. The highest BCUT2D eigenvalue weighted by Crippen LogP contribution is 2.31. The number of methoxy groups -OCH3 is 1. The van der Waals surface area contributed by atoms with E-state index < -0.39 is 12.0 Å². The first-order valence-corrected chi connectivity index (χ1v) is 10.1. The lowest BCUT2D eigenvalue weighted by atomic mass is 9.86. The summed E-state index contributed by atoms with van der Waals surface area (Å²) in [6, 6.07) is 15.1. The number of nitrogens with one attached hydrogen (secondary N) is 1. The van der Waals surface area contributed by atoms with Gasteiger partial charge < -0.3 is 14.8 Å². The molecule has 0 spiro atoms. The number of esters is 1. The molecule has 3 aliphatic rings. The van der Waals surface area contributed by atoms with Gasteiger partial charge in [0.25, 0.3) is 5.91 Å². The molecule has 152 valence electrons. The van der Waals surface area contributed by atoms with Crippen molar-refractivity contribution in [2.24, 2.45) is 5.92 Å². The Labute approximate surface area is 170 Å². The monoisotopic (exact) mass is 394 g/mol. The van der Waals surface area contributed by atoms with Crippen LogP contribution in [-0.4, -0.2) is 49.6 Å². The highest BCUT2D eigenvalue weighted by atomic mass is 16.5. The van der Waals surface area contributed by atoms with Gasteiger partial charge in [-0.25, -0.2) is 4.79 Å². The van der Waals surface area contributed by atoms with Crippen LogP contribution in [-0.2, 0) is 9.53 Å². The first kappa shape index (κ1) is 19.5. The van der Waals surface area contributed by atoms with Crippen molar-refractivity contribution in [1.82, 2.24) is 10.2 Å². The predicted molar refractivity (Wildman–Crippen MR) is 109 cm³/mol. The second-order valence-electron chi connectivity index (χ2n) is 7.66. The van der Waals surface area contributed by atoms with Crippen LogP contribution in [0.15, 0.2) is 54.6 Å². The summed E-state index contributed by atoms with van der Waals surface area (Å²) in [5.41, 5.74) is 1.17. The van der Waals surface area contributed by atoms with Gasteiger partial charge in [0.2, 0.25) is 0 Å². The van der Waals surface area contributed by atoms with Gasteiger partial charge in [-0.2, -0.15) is 0 Å². The lowest BCUT2D eigenvalue weighted by molar-refractivity contribution is -0.161. The molecule has 2 aromatic carbocycles. The molecule has 3 saturated heterocycles. The number of hydrogen-bond acceptors (Lipinski definition) is 5. The number of amides is 1. The van der Waals surface area contributed by atoms with E-state index in [1.807, 2.05) is 6.07 Å². The normalized spacial score (nSPS) is 23.8. The summed E-state index contributed by atoms with van der Waals surface area (Å²) in [5, 5.41) is 2.85. The van der Waals surface area contributed by atoms with Crippen LogP contribution in [0.5, 0.6) is 5.75 Å². The molecule has 3 fully saturated rings. The van der Waals surface area contributed by atoms with Gasteiger partial charge in [-0.1, -0.05) is 30.3 Å². The SMILES string of the molecule is COc1ccc(C(NC(=O)c2ccccc2)C(=O)OC2CN3CCC2CC3)cc1. The van der Waals surface area contributed by atoms with E-state index in [9.17, 15) is 9.59 Å². The minimum Gasteiger partial charge on any atom is -0.497 e. The number of fused-ring (bicyclic) bond motifs is 3. The van der Waals surface area contributed by atoms with E-state index in [0.29, 0.717) is 22.8 Å². The van der Waals surface area contributed by atoms with Crippen molar-refractivity contribution in [2.45, 2.75) is 25.0 Å². The number of nitrogens with zero attached hydrogens (tertiary/aromatic N) is 1. The maximum absolute atomic E-state index is 13.1.